The van der Waals surface area contributed by atoms with E-state index >= 15 is 0 Å². The van der Waals surface area contributed by atoms with Crippen LogP contribution in [0.1, 0.15) is 34.6 Å². The maximum absolute atomic E-state index is 5.46. The predicted octanol–water partition coefficient (Wildman–Crippen LogP) is 0.549. The molecule has 0 aliphatic heterocycles. The Balaban J connectivity index is 4.25. The molecule has 0 radical (unpaired) electrons. The van der Waals surface area contributed by atoms with E-state index in [0.717, 1.165) is 6.54 Å². The quantitative estimate of drug-likeness (QED) is 0.261. The Morgan fingerprint density at radius 3 is 2.21 bits per heavy atom. The van der Waals surface area contributed by atoms with E-state index < -0.39 is 0 Å². The summed E-state index contributed by atoms with van der Waals surface area (Å²) in [5.41, 5.74) is 2.59. The van der Waals surface area contributed by atoms with Crippen molar-refractivity contribution in [2.45, 2.75) is 52.7 Å². The zero-order valence-electron chi connectivity index (χ0n) is 13.2. The van der Waals surface area contributed by atoms with E-state index in [9.17, 15) is 0 Å². The van der Waals surface area contributed by atoms with Gasteiger partial charge in [0.05, 0.1) is 13.2 Å². The molecule has 6 nitrogen and oxygen atoms in total. The van der Waals surface area contributed by atoms with Crippen LogP contribution in [-0.4, -0.2) is 55.8 Å². The molecule has 1 atom stereocenters. The van der Waals surface area contributed by atoms with Gasteiger partial charge < -0.3 is 10.1 Å². The third kappa shape index (κ3) is 8.02. The second-order valence-corrected chi connectivity index (χ2v) is 5.30. The first-order valence-corrected chi connectivity index (χ1v) is 6.94. The molecule has 6 heteroatoms. The van der Waals surface area contributed by atoms with Gasteiger partial charge in [0.2, 0.25) is 5.96 Å². The molecule has 0 heterocycles. The molecule has 0 bridgehead atoms. The molecule has 0 rings (SSSR count). The fraction of sp³-hybridized carbons (Fsp3) is 0.923. The van der Waals surface area contributed by atoms with E-state index in [1.165, 1.54) is 0 Å². The number of nitrogens with one attached hydrogen (secondary N) is 2. The molecular formula is C13H31N5O. The Hall–Kier alpha value is -0.850. The number of ether oxygens (including phenoxy) is 1. The standard InChI is InChI=1S/C13H31N5O/c1-10(2)18(11(3)4)8-7-15-13(17-14)16-12(5)9-19-6/h10-12H,7-9,14H2,1-6H3,(H2,15,16,17). The molecule has 0 aromatic rings. The lowest BCUT2D eigenvalue weighted by Crippen LogP contribution is -2.47. The smallest absolute Gasteiger partial charge is 0.206 e. The molecule has 1 unspecified atom stereocenters. The highest BCUT2D eigenvalue weighted by Crippen LogP contribution is 2.03. The Labute approximate surface area is 117 Å². The van der Waals surface area contributed by atoms with Crippen LogP contribution in [0, 0.1) is 0 Å². The predicted molar refractivity (Wildman–Crippen MR) is 81.1 cm³/mol. The molecule has 0 aliphatic carbocycles. The minimum absolute atomic E-state index is 0.172. The number of rotatable bonds is 8. The van der Waals surface area contributed by atoms with E-state index in [1.807, 2.05) is 6.92 Å². The number of aliphatic imine (C=N–C) groups is 1. The summed E-state index contributed by atoms with van der Waals surface area (Å²) >= 11 is 0. The molecule has 19 heavy (non-hydrogen) atoms. The van der Waals surface area contributed by atoms with Gasteiger partial charge in [-0.1, -0.05) is 0 Å². The molecule has 0 fully saturated rings. The molecule has 0 spiro atoms. The number of methoxy groups -OCH3 is 1. The lowest BCUT2D eigenvalue weighted by atomic mass is 10.2. The summed E-state index contributed by atoms with van der Waals surface area (Å²) in [5, 5.41) is 3.17. The summed E-state index contributed by atoms with van der Waals surface area (Å²) < 4.78 is 5.06. The van der Waals surface area contributed by atoms with Crippen LogP contribution in [0.5, 0.6) is 0 Å². The van der Waals surface area contributed by atoms with E-state index in [-0.39, 0.29) is 6.04 Å². The first-order valence-electron chi connectivity index (χ1n) is 6.94. The molecule has 0 aromatic heterocycles. The van der Waals surface area contributed by atoms with Gasteiger partial charge >= 0.3 is 0 Å². The van der Waals surface area contributed by atoms with Gasteiger partial charge in [-0.3, -0.25) is 15.3 Å². The van der Waals surface area contributed by atoms with Crippen molar-refractivity contribution in [3.63, 3.8) is 0 Å². The van der Waals surface area contributed by atoms with Crippen LogP contribution >= 0.6 is 0 Å². The van der Waals surface area contributed by atoms with Crippen molar-refractivity contribution in [1.29, 1.82) is 0 Å². The Bertz CT molecular complexity index is 247. The van der Waals surface area contributed by atoms with Gasteiger partial charge in [-0.05, 0) is 34.6 Å². The zero-order valence-corrected chi connectivity index (χ0v) is 13.2. The minimum atomic E-state index is 0.172. The second-order valence-electron chi connectivity index (χ2n) is 5.30. The van der Waals surface area contributed by atoms with E-state index in [1.54, 1.807) is 7.11 Å². The molecule has 0 aromatic carbocycles. The monoisotopic (exact) mass is 273 g/mol. The highest BCUT2D eigenvalue weighted by molar-refractivity contribution is 5.79. The van der Waals surface area contributed by atoms with Crippen LogP contribution in [0.3, 0.4) is 0 Å². The topological polar surface area (TPSA) is 74.9 Å². The Morgan fingerprint density at radius 2 is 1.79 bits per heavy atom. The van der Waals surface area contributed by atoms with Crippen molar-refractivity contribution < 1.29 is 4.74 Å². The first kappa shape index (κ1) is 18.1. The van der Waals surface area contributed by atoms with E-state index in [2.05, 4.69) is 48.3 Å². The third-order valence-electron chi connectivity index (χ3n) is 2.89. The highest BCUT2D eigenvalue weighted by Gasteiger charge is 2.12. The molecule has 0 aliphatic rings. The molecule has 0 saturated carbocycles. The number of hydrazine groups is 1. The van der Waals surface area contributed by atoms with Gasteiger partial charge in [0.25, 0.3) is 0 Å². The van der Waals surface area contributed by atoms with Crippen molar-refractivity contribution in [3.8, 4) is 0 Å². The summed E-state index contributed by atoms with van der Waals surface area (Å²) in [6.45, 7) is 13.1. The Morgan fingerprint density at radius 1 is 1.21 bits per heavy atom. The molecule has 114 valence electrons. The Kier molecular flexibility index (Phi) is 9.55. The summed E-state index contributed by atoms with van der Waals surface area (Å²) in [6.07, 6.45) is 0. The lowest BCUT2D eigenvalue weighted by molar-refractivity contribution is 0.178. The van der Waals surface area contributed by atoms with E-state index in [4.69, 9.17) is 10.6 Å². The molecular weight excluding hydrogens is 242 g/mol. The maximum Gasteiger partial charge on any atom is 0.206 e. The first-order chi connectivity index (χ1) is 8.92. The van der Waals surface area contributed by atoms with Gasteiger partial charge in [0, 0.05) is 31.8 Å². The zero-order chi connectivity index (χ0) is 14.8. The van der Waals surface area contributed by atoms with Gasteiger partial charge in [-0.15, -0.1) is 0 Å². The third-order valence-corrected chi connectivity index (χ3v) is 2.89. The van der Waals surface area contributed by atoms with Crippen LogP contribution < -0.4 is 16.6 Å². The van der Waals surface area contributed by atoms with Crippen LogP contribution in [0.4, 0.5) is 0 Å². The number of hydrogen-bond acceptors (Lipinski definition) is 4. The van der Waals surface area contributed by atoms with Crippen LogP contribution in [0.15, 0.2) is 4.99 Å². The van der Waals surface area contributed by atoms with Gasteiger partial charge in [0.1, 0.15) is 0 Å². The lowest BCUT2D eigenvalue weighted by Gasteiger charge is -2.29. The van der Waals surface area contributed by atoms with Crippen molar-refractivity contribution in [1.82, 2.24) is 15.6 Å². The van der Waals surface area contributed by atoms with Crippen LogP contribution in [0.25, 0.3) is 0 Å². The number of hydrogen-bond donors (Lipinski definition) is 3. The summed E-state index contributed by atoms with van der Waals surface area (Å²) in [5.74, 6) is 6.06. The SMILES string of the molecule is COCC(C)NC(=NCCN(C(C)C)C(C)C)NN. The average Bonchev–Trinajstić information content (AvgIpc) is 2.32. The summed E-state index contributed by atoms with van der Waals surface area (Å²) in [4.78, 5) is 6.84. The van der Waals surface area contributed by atoms with Gasteiger partial charge in [0.15, 0.2) is 0 Å². The van der Waals surface area contributed by atoms with Gasteiger partial charge in [-0.2, -0.15) is 0 Å². The number of nitrogens with two attached hydrogens (primary N) is 1. The largest absolute Gasteiger partial charge is 0.383 e. The molecule has 0 saturated heterocycles. The number of nitrogens with zero attached hydrogens (tertiary/aromatic N) is 2. The van der Waals surface area contributed by atoms with Crippen molar-refractivity contribution in [2.24, 2.45) is 10.8 Å². The fourth-order valence-electron chi connectivity index (χ4n) is 2.05. The van der Waals surface area contributed by atoms with Crippen molar-refractivity contribution >= 4 is 5.96 Å². The van der Waals surface area contributed by atoms with Crippen molar-refractivity contribution in [2.75, 3.05) is 26.8 Å². The molecule has 4 N–H and O–H groups in total. The normalized spacial score (nSPS) is 14.3. The summed E-state index contributed by atoms with van der Waals surface area (Å²) in [6, 6.07) is 1.21. The van der Waals surface area contributed by atoms with E-state index in [0.29, 0.717) is 31.2 Å². The van der Waals surface area contributed by atoms with Crippen LogP contribution in [0.2, 0.25) is 0 Å². The highest BCUT2D eigenvalue weighted by atomic mass is 16.5. The minimum Gasteiger partial charge on any atom is -0.383 e. The number of guanidine groups is 1. The second kappa shape index (κ2) is 10.00. The maximum atomic E-state index is 5.46. The van der Waals surface area contributed by atoms with Crippen LogP contribution in [-0.2, 0) is 4.74 Å². The fourth-order valence-corrected chi connectivity index (χ4v) is 2.05. The van der Waals surface area contributed by atoms with Gasteiger partial charge in [-0.25, -0.2) is 5.84 Å². The average molecular weight is 273 g/mol. The van der Waals surface area contributed by atoms with Crippen molar-refractivity contribution in [3.05, 3.63) is 0 Å². The molecule has 0 amide bonds. The summed E-state index contributed by atoms with van der Waals surface area (Å²) in [7, 11) is 1.67.